The summed E-state index contributed by atoms with van der Waals surface area (Å²) in [4.78, 5) is 11.0. The molecule has 1 aliphatic rings. The maximum Gasteiger partial charge on any atom is 0.281 e. The van der Waals surface area contributed by atoms with E-state index in [0.29, 0.717) is 45.4 Å². The molecule has 0 spiro atoms. The van der Waals surface area contributed by atoms with Crippen molar-refractivity contribution in [1.82, 2.24) is 8.61 Å². The minimum atomic E-state index is -3.42. The van der Waals surface area contributed by atoms with Crippen LogP contribution in [0.3, 0.4) is 0 Å². The Morgan fingerprint density at radius 1 is 1.39 bits per heavy atom. The lowest BCUT2D eigenvalue weighted by atomic mass is 9.98. The largest absolute Gasteiger partial charge is 0.369 e. The van der Waals surface area contributed by atoms with Gasteiger partial charge in [0.15, 0.2) is 0 Å². The second-order valence-electron chi connectivity index (χ2n) is 4.55. The predicted octanol–water partition coefficient (Wildman–Crippen LogP) is -1.29. The van der Waals surface area contributed by atoms with Crippen LogP contribution in [0.5, 0.6) is 0 Å². The van der Waals surface area contributed by atoms with E-state index in [1.165, 1.54) is 8.61 Å². The van der Waals surface area contributed by atoms with Gasteiger partial charge in [-0.25, -0.2) is 0 Å². The Morgan fingerprint density at radius 3 is 2.39 bits per heavy atom. The molecule has 1 fully saturated rings. The van der Waals surface area contributed by atoms with Gasteiger partial charge in [0.25, 0.3) is 10.2 Å². The molecule has 8 heteroatoms. The SMILES string of the molecule is CN(CCCN)S(=O)(=O)N1CCC(C(N)=O)CC1. The van der Waals surface area contributed by atoms with E-state index >= 15 is 0 Å². The second-order valence-corrected chi connectivity index (χ2v) is 6.58. The summed E-state index contributed by atoms with van der Waals surface area (Å²) in [5.74, 6) is -0.547. The lowest BCUT2D eigenvalue weighted by molar-refractivity contribution is -0.122. The lowest BCUT2D eigenvalue weighted by Gasteiger charge is -2.32. The molecule has 106 valence electrons. The number of amides is 1. The van der Waals surface area contributed by atoms with Gasteiger partial charge in [-0.05, 0) is 25.8 Å². The fourth-order valence-electron chi connectivity index (χ4n) is 2.00. The fourth-order valence-corrected chi connectivity index (χ4v) is 3.42. The third kappa shape index (κ3) is 3.64. The molecule has 18 heavy (non-hydrogen) atoms. The van der Waals surface area contributed by atoms with Crippen LogP contribution in [0.4, 0.5) is 0 Å². The Hall–Kier alpha value is -0.700. The van der Waals surface area contributed by atoms with Gasteiger partial charge in [0, 0.05) is 32.6 Å². The molecule has 4 N–H and O–H groups in total. The first-order valence-corrected chi connectivity index (χ1v) is 7.50. The van der Waals surface area contributed by atoms with Crippen LogP contribution in [0.15, 0.2) is 0 Å². The summed E-state index contributed by atoms with van der Waals surface area (Å²) in [5.41, 5.74) is 10.6. The van der Waals surface area contributed by atoms with E-state index in [1.807, 2.05) is 0 Å². The van der Waals surface area contributed by atoms with Crippen molar-refractivity contribution in [1.29, 1.82) is 0 Å². The number of nitrogens with zero attached hydrogens (tertiary/aromatic N) is 2. The number of carbonyl (C=O) groups is 1. The summed E-state index contributed by atoms with van der Waals surface area (Å²) < 4.78 is 27.0. The molecular formula is C10H22N4O3S. The minimum absolute atomic E-state index is 0.203. The highest BCUT2D eigenvalue weighted by atomic mass is 32.2. The third-order valence-corrected chi connectivity index (χ3v) is 5.24. The van der Waals surface area contributed by atoms with Crippen LogP contribution in [0, 0.1) is 5.92 Å². The van der Waals surface area contributed by atoms with Crippen LogP contribution in [0.2, 0.25) is 0 Å². The van der Waals surface area contributed by atoms with Crippen molar-refractivity contribution < 1.29 is 13.2 Å². The monoisotopic (exact) mass is 278 g/mol. The quantitative estimate of drug-likeness (QED) is 0.630. The molecule has 0 radical (unpaired) electrons. The zero-order valence-corrected chi connectivity index (χ0v) is 11.5. The summed E-state index contributed by atoms with van der Waals surface area (Å²) in [5, 5.41) is 0. The maximum atomic E-state index is 12.2. The van der Waals surface area contributed by atoms with Crippen molar-refractivity contribution in [3.63, 3.8) is 0 Å². The summed E-state index contributed by atoms with van der Waals surface area (Å²) in [7, 11) is -1.88. The average molecular weight is 278 g/mol. The van der Waals surface area contributed by atoms with E-state index in [-0.39, 0.29) is 11.8 Å². The molecule has 0 aromatic carbocycles. The van der Waals surface area contributed by atoms with Crippen molar-refractivity contribution in [2.24, 2.45) is 17.4 Å². The highest BCUT2D eigenvalue weighted by molar-refractivity contribution is 7.86. The minimum Gasteiger partial charge on any atom is -0.369 e. The van der Waals surface area contributed by atoms with Gasteiger partial charge in [0.1, 0.15) is 0 Å². The Bertz CT molecular complexity index is 377. The first-order valence-electron chi connectivity index (χ1n) is 6.10. The van der Waals surface area contributed by atoms with E-state index in [4.69, 9.17) is 11.5 Å². The highest BCUT2D eigenvalue weighted by Gasteiger charge is 2.32. The van der Waals surface area contributed by atoms with Crippen LogP contribution in [-0.2, 0) is 15.0 Å². The number of nitrogens with two attached hydrogens (primary N) is 2. The molecule has 1 saturated heterocycles. The molecule has 0 saturated carbocycles. The summed E-state index contributed by atoms with van der Waals surface area (Å²) in [6, 6.07) is 0. The molecule has 1 rings (SSSR count). The molecule has 0 atom stereocenters. The molecule has 0 aromatic rings. The van der Waals surface area contributed by atoms with E-state index in [1.54, 1.807) is 7.05 Å². The fraction of sp³-hybridized carbons (Fsp3) is 0.900. The first-order chi connectivity index (χ1) is 8.39. The van der Waals surface area contributed by atoms with E-state index in [9.17, 15) is 13.2 Å². The van der Waals surface area contributed by atoms with Crippen molar-refractivity contribution in [2.75, 3.05) is 33.2 Å². The number of hydrogen-bond acceptors (Lipinski definition) is 4. The van der Waals surface area contributed by atoms with Gasteiger partial charge in [-0.3, -0.25) is 4.79 Å². The smallest absolute Gasteiger partial charge is 0.281 e. The van der Waals surface area contributed by atoms with Gasteiger partial charge >= 0.3 is 0 Å². The number of hydrogen-bond donors (Lipinski definition) is 2. The molecule has 1 heterocycles. The van der Waals surface area contributed by atoms with Crippen molar-refractivity contribution in [2.45, 2.75) is 19.3 Å². The molecule has 0 aliphatic carbocycles. The second kappa shape index (κ2) is 6.46. The van der Waals surface area contributed by atoms with Gasteiger partial charge in [0.05, 0.1) is 0 Å². The lowest BCUT2D eigenvalue weighted by Crippen LogP contribution is -2.47. The predicted molar refractivity (Wildman–Crippen MR) is 68.7 cm³/mol. The number of piperidine rings is 1. The van der Waals surface area contributed by atoms with Crippen molar-refractivity contribution in [3.8, 4) is 0 Å². The van der Waals surface area contributed by atoms with E-state index in [0.717, 1.165) is 0 Å². The summed E-state index contributed by atoms with van der Waals surface area (Å²) >= 11 is 0. The molecule has 0 unspecified atom stereocenters. The third-order valence-electron chi connectivity index (χ3n) is 3.25. The summed E-state index contributed by atoms with van der Waals surface area (Å²) in [6.45, 7) is 1.57. The van der Waals surface area contributed by atoms with E-state index < -0.39 is 10.2 Å². The zero-order chi connectivity index (χ0) is 13.8. The first kappa shape index (κ1) is 15.4. The van der Waals surface area contributed by atoms with Crippen molar-refractivity contribution >= 4 is 16.1 Å². The normalized spacial score (nSPS) is 19.3. The highest BCUT2D eigenvalue weighted by Crippen LogP contribution is 2.20. The summed E-state index contributed by atoms with van der Waals surface area (Å²) in [6.07, 6.45) is 1.63. The Kier molecular flexibility index (Phi) is 5.51. The Balaban J connectivity index is 2.57. The average Bonchev–Trinajstić information content (AvgIpc) is 2.35. The van der Waals surface area contributed by atoms with Crippen LogP contribution in [-0.4, -0.2) is 56.2 Å². The van der Waals surface area contributed by atoms with E-state index in [2.05, 4.69) is 0 Å². The van der Waals surface area contributed by atoms with Crippen LogP contribution < -0.4 is 11.5 Å². The van der Waals surface area contributed by atoms with Crippen LogP contribution in [0.1, 0.15) is 19.3 Å². The molecular weight excluding hydrogens is 256 g/mol. The molecule has 0 bridgehead atoms. The van der Waals surface area contributed by atoms with Gasteiger partial charge in [0.2, 0.25) is 5.91 Å². The van der Waals surface area contributed by atoms with Gasteiger partial charge in [-0.2, -0.15) is 17.0 Å². The number of rotatable bonds is 6. The number of carbonyl (C=O) groups excluding carboxylic acids is 1. The molecule has 1 aliphatic heterocycles. The molecule has 7 nitrogen and oxygen atoms in total. The van der Waals surface area contributed by atoms with Gasteiger partial charge in [-0.1, -0.05) is 0 Å². The topological polar surface area (TPSA) is 110 Å². The Labute approximate surface area is 108 Å². The molecule has 1 amide bonds. The van der Waals surface area contributed by atoms with Crippen molar-refractivity contribution in [3.05, 3.63) is 0 Å². The maximum absolute atomic E-state index is 12.2. The molecule has 0 aromatic heterocycles. The number of primary amides is 1. The zero-order valence-electron chi connectivity index (χ0n) is 10.7. The Morgan fingerprint density at radius 2 is 1.94 bits per heavy atom. The standard InChI is InChI=1S/C10H22N4O3S/c1-13(6-2-5-11)18(16,17)14-7-3-9(4-8-14)10(12)15/h9H,2-8,11H2,1H3,(H2,12,15). The van der Waals surface area contributed by atoms with Gasteiger partial charge in [-0.15, -0.1) is 0 Å². The van der Waals surface area contributed by atoms with Gasteiger partial charge < -0.3 is 11.5 Å². The van der Waals surface area contributed by atoms with Crippen LogP contribution >= 0.6 is 0 Å². The van der Waals surface area contributed by atoms with Crippen LogP contribution in [0.25, 0.3) is 0 Å².